The quantitative estimate of drug-likeness (QED) is 0.783. The summed E-state index contributed by atoms with van der Waals surface area (Å²) in [5, 5.41) is 12.3. The number of fused-ring (bicyclic) bond motifs is 1. The van der Waals surface area contributed by atoms with E-state index in [1.54, 1.807) is 13.8 Å². The first kappa shape index (κ1) is 16.2. The molecule has 2 aromatic carbocycles. The van der Waals surface area contributed by atoms with Crippen LogP contribution in [0.5, 0.6) is 5.75 Å². The van der Waals surface area contributed by atoms with E-state index in [-0.39, 0.29) is 18.7 Å². The van der Waals surface area contributed by atoms with E-state index in [0.29, 0.717) is 11.3 Å². The highest BCUT2D eigenvalue weighted by Crippen LogP contribution is 2.25. The first-order valence-corrected chi connectivity index (χ1v) is 7.87. The van der Waals surface area contributed by atoms with Crippen LogP contribution < -0.4 is 10.3 Å². The molecule has 0 bridgehead atoms. The average molecular weight is 324 g/mol. The van der Waals surface area contributed by atoms with Crippen LogP contribution in [0.2, 0.25) is 0 Å². The minimum absolute atomic E-state index is 0.105. The molecule has 5 heteroatoms. The van der Waals surface area contributed by atoms with E-state index in [2.05, 4.69) is 4.98 Å². The van der Waals surface area contributed by atoms with E-state index in [4.69, 9.17) is 4.74 Å². The van der Waals surface area contributed by atoms with Crippen LogP contribution in [0.15, 0.2) is 53.6 Å². The van der Waals surface area contributed by atoms with Gasteiger partial charge < -0.3 is 9.84 Å². The minimum Gasteiger partial charge on any atom is -0.490 e. The molecular formula is C19H20N2O3. The van der Waals surface area contributed by atoms with Crippen LogP contribution in [0.1, 0.15) is 11.3 Å². The van der Waals surface area contributed by atoms with Crippen LogP contribution >= 0.6 is 0 Å². The number of aliphatic hydroxyl groups is 1. The van der Waals surface area contributed by atoms with Crippen molar-refractivity contribution in [2.45, 2.75) is 26.5 Å². The highest BCUT2D eigenvalue weighted by Gasteiger charge is 2.11. The molecule has 1 atom stereocenters. The number of hydrogen-bond donors (Lipinski definition) is 1. The average Bonchev–Trinajstić information content (AvgIpc) is 2.60. The molecule has 0 radical (unpaired) electrons. The van der Waals surface area contributed by atoms with Crippen molar-refractivity contribution in [1.82, 2.24) is 9.55 Å². The van der Waals surface area contributed by atoms with Crippen molar-refractivity contribution in [3.8, 4) is 5.75 Å². The van der Waals surface area contributed by atoms with Crippen LogP contribution in [0, 0.1) is 13.8 Å². The molecule has 5 nitrogen and oxygen atoms in total. The summed E-state index contributed by atoms with van der Waals surface area (Å²) in [6.45, 7) is 3.78. The maximum atomic E-state index is 12.1. The van der Waals surface area contributed by atoms with Gasteiger partial charge in [0.25, 0.3) is 5.56 Å². The Morgan fingerprint density at radius 3 is 2.75 bits per heavy atom. The monoisotopic (exact) mass is 324 g/mol. The van der Waals surface area contributed by atoms with Crippen molar-refractivity contribution in [2.75, 3.05) is 6.61 Å². The molecule has 0 aliphatic heterocycles. The fourth-order valence-electron chi connectivity index (χ4n) is 2.59. The smallest absolute Gasteiger partial charge is 0.256 e. The minimum atomic E-state index is -0.800. The standard InChI is InChI=1S/C19H20N2O3/c1-13-14(2)20-12-21(19(13)23)10-16(22)11-24-18-9-5-7-15-6-3-4-8-17(15)18/h3-9,12,16,22H,10-11H2,1-2H3. The highest BCUT2D eigenvalue weighted by molar-refractivity contribution is 5.88. The van der Waals surface area contributed by atoms with Crippen LogP contribution in [0.3, 0.4) is 0 Å². The summed E-state index contributed by atoms with van der Waals surface area (Å²) >= 11 is 0. The molecule has 1 N–H and O–H groups in total. The second-order valence-corrected chi connectivity index (χ2v) is 5.85. The normalized spacial score (nSPS) is 12.3. The number of nitrogens with zero attached hydrogens (tertiary/aromatic N) is 2. The van der Waals surface area contributed by atoms with Gasteiger partial charge in [-0.2, -0.15) is 0 Å². The van der Waals surface area contributed by atoms with Crippen molar-refractivity contribution < 1.29 is 9.84 Å². The Morgan fingerprint density at radius 1 is 1.17 bits per heavy atom. The summed E-state index contributed by atoms with van der Waals surface area (Å²) in [5.74, 6) is 0.720. The van der Waals surface area contributed by atoms with E-state index >= 15 is 0 Å². The predicted octanol–water partition coefficient (Wildman–Crippen LogP) is 2.45. The van der Waals surface area contributed by atoms with Crippen molar-refractivity contribution in [2.24, 2.45) is 0 Å². The molecule has 3 aromatic rings. The first-order valence-electron chi connectivity index (χ1n) is 7.87. The largest absolute Gasteiger partial charge is 0.490 e. The summed E-state index contributed by atoms with van der Waals surface area (Å²) in [6.07, 6.45) is 0.664. The van der Waals surface area contributed by atoms with Gasteiger partial charge in [0, 0.05) is 16.6 Å². The molecule has 0 amide bonds. The van der Waals surface area contributed by atoms with E-state index < -0.39 is 6.10 Å². The van der Waals surface area contributed by atoms with Gasteiger partial charge in [0.15, 0.2) is 0 Å². The molecule has 1 unspecified atom stereocenters. The van der Waals surface area contributed by atoms with E-state index in [1.807, 2.05) is 42.5 Å². The van der Waals surface area contributed by atoms with E-state index in [0.717, 1.165) is 16.5 Å². The number of rotatable bonds is 5. The van der Waals surface area contributed by atoms with Gasteiger partial charge in [0.05, 0.1) is 12.9 Å². The highest BCUT2D eigenvalue weighted by atomic mass is 16.5. The Labute approximate surface area is 140 Å². The number of hydrogen-bond acceptors (Lipinski definition) is 4. The van der Waals surface area contributed by atoms with Gasteiger partial charge in [-0.25, -0.2) is 4.98 Å². The zero-order chi connectivity index (χ0) is 17.1. The van der Waals surface area contributed by atoms with E-state index in [9.17, 15) is 9.90 Å². The zero-order valence-corrected chi connectivity index (χ0v) is 13.8. The van der Waals surface area contributed by atoms with Crippen LogP contribution in [0.4, 0.5) is 0 Å². The maximum Gasteiger partial charge on any atom is 0.256 e. The van der Waals surface area contributed by atoms with Crippen LogP contribution in [-0.4, -0.2) is 27.4 Å². The molecule has 0 saturated heterocycles. The van der Waals surface area contributed by atoms with Gasteiger partial charge in [-0.05, 0) is 25.3 Å². The van der Waals surface area contributed by atoms with Crippen LogP contribution in [-0.2, 0) is 6.54 Å². The lowest BCUT2D eigenvalue weighted by Crippen LogP contribution is -2.31. The van der Waals surface area contributed by atoms with Gasteiger partial charge in [0.2, 0.25) is 0 Å². The third kappa shape index (κ3) is 3.31. The SMILES string of the molecule is Cc1ncn(CC(O)COc2cccc3ccccc23)c(=O)c1C. The summed E-state index contributed by atoms with van der Waals surface area (Å²) in [7, 11) is 0. The Hall–Kier alpha value is -2.66. The molecule has 3 rings (SSSR count). The Balaban J connectivity index is 1.71. The second kappa shape index (κ2) is 6.84. The molecule has 0 fully saturated rings. The summed E-state index contributed by atoms with van der Waals surface area (Å²) in [6, 6.07) is 13.7. The number of ether oxygens (including phenoxy) is 1. The second-order valence-electron chi connectivity index (χ2n) is 5.85. The number of aryl methyl sites for hydroxylation is 1. The fourth-order valence-corrected chi connectivity index (χ4v) is 2.59. The first-order chi connectivity index (χ1) is 11.6. The Bertz CT molecular complexity index is 913. The molecule has 1 heterocycles. The molecule has 0 spiro atoms. The number of benzene rings is 2. The van der Waals surface area contributed by atoms with Gasteiger partial charge >= 0.3 is 0 Å². The Morgan fingerprint density at radius 2 is 1.92 bits per heavy atom. The predicted molar refractivity (Wildman–Crippen MR) is 93.4 cm³/mol. The molecule has 124 valence electrons. The molecule has 0 saturated carbocycles. The summed E-state index contributed by atoms with van der Waals surface area (Å²) in [4.78, 5) is 16.3. The van der Waals surface area contributed by atoms with Crippen molar-refractivity contribution in [1.29, 1.82) is 0 Å². The lowest BCUT2D eigenvalue weighted by Gasteiger charge is -2.15. The molecule has 1 aromatic heterocycles. The third-order valence-corrected chi connectivity index (χ3v) is 4.10. The number of aliphatic hydroxyl groups excluding tert-OH is 1. The number of aromatic nitrogens is 2. The van der Waals surface area contributed by atoms with Crippen molar-refractivity contribution in [3.63, 3.8) is 0 Å². The topological polar surface area (TPSA) is 64.3 Å². The van der Waals surface area contributed by atoms with Crippen LogP contribution in [0.25, 0.3) is 10.8 Å². The van der Waals surface area contributed by atoms with Crippen molar-refractivity contribution >= 4 is 10.8 Å². The lowest BCUT2D eigenvalue weighted by atomic mass is 10.1. The summed E-state index contributed by atoms with van der Waals surface area (Å²) < 4.78 is 7.18. The molecule has 0 aliphatic rings. The van der Waals surface area contributed by atoms with Gasteiger partial charge in [-0.1, -0.05) is 36.4 Å². The Kier molecular flexibility index (Phi) is 4.62. The molecule has 24 heavy (non-hydrogen) atoms. The van der Waals surface area contributed by atoms with Crippen molar-refractivity contribution in [3.05, 3.63) is 70.4 Å². The lowest BCUT2D eigenvalue weighted by molar-refractivity contribution is 0.0919. The molecular weight excluding hydrogens is 304 g/mol. The van der Waals surface area contributed by atoms with Gasteiger partial charge in [0.1, 0.15) is 18.5 Å². The zero-order valence-electron chi connectivity index (χ0n) is 13.8. The third-order valence-electron chi connectivity index (χ3n) is 4.10. The fraction of sp³-hybridized carbons (Fsp3) is 0.263. The maximum absolute atomic E-state index is 12.1. The van der Waals surface area contributed by atoms with Gasteiger partial charge in [-0.3, -0.25) is 9.36 Å². The van der Waals surface area contributed by atoms with Gasteiger partial charge in [-0.15, -0.1) is 0 Å². The summed E-state index contributed by atoms with van der Waals surface area (Å²) in [5.41, 5.74) is 1.17. The van der Waals surface area contributed by atoms with E-state index in [1.165, 1.54) is 10.9 Å². The molecule has 0 aliphatic carbocycles.